The van der Waals surface area contributed by atoms with Gasteiger partial charge in [-0.2, -0.15) is 0 Å². The molecule has 1 heterocycles. The van der Waals surface area contributed by atoms with Crippen LogP contribution in [0.15, 0.2) is 23.1 Å². The van der Waals surface area contributed by atoms with Crippen molar-refractivity contribution in [2.45, 2.75) is 23.8 Å². The largest absolute Gasteiger partial charge is 0.399 e. The molecule has 0 aliphatic carbocycles. The summed E-state index contributed by atoms with van der Waals surface area (Å²) in [5.41, 5.74) is 5.80. The van der Waals surface area contributed by atoms with Gasteiger partial charge >= 0.3 is 0 Å². The first-order valence-corrected chi connectivity index (χ1v) is 6.53. The van der Waals surface area contributed by atoms with Crippen molar-refractivity contribution in [3.8, 4) is 0 Å². The fraction of sp³-hybridized carbons (Fsp3) is 0.455. The topological polar surface area (TPSA) is 52.3 Å². The zero-order valence-electron chi connectivity index (χ0n) is 8.82. The van der Waals surface area contributed by atoms with Crippen molar-refractivity contribution in [1.82, 2.24) is 0 Å². The standard InChI is InChI=1S/C11H14FNO2S/c12-8-4-9(13)6-11(5-8)16(14)7-10-2-1-3-15-10/h4-6,10H,1-3,7,13H2. The minimum absolute atomic E-state index is 0.0327. The van der Waals surface area contributed by atoms with Crippen molar-refractivity contribution in [3.63, 3.8) is 0 Å². The monoisotopic (exact) mass is 243 g/mol. The molecule has 0 spiro atoms. The molecule has 5 heteroatoms. The summed E-state index contributed by atoms with van der Waals surface area (Å²) in [6, 6.07) is 4.03. The Kier molecular flexibility index (Phi) is 3.56. The molecule has 3 nitrogen and oxygen atoms in total. The van der Waals surface area contributed by atoms with Gasteiger partial charge in [-0.25, -0.2) is 4.39 Å². The third-order valence-electron chi connectivity index (χ3n) is 2.52. The quantitative estimate of drug-likeness (QED) is 0.822. The lowest BCUT2D eigenvalue weighted by Crippen LogP contribution is -2.15. The molecule has 1 aliphatic rings. The van der Waals surface area contributed by atoms with Crippen LogP contribution >= 0.6 is 0 Å². The highest BCUT2D eigenvalue weighted by Crippen LogP contribution is 2.19. The smallest absolute Gasteiger partial charge is 0.126 e. The van der Waals surface area contributed by atoms with Gasteiger partial charge in [-0.15, -0.1) is 0 Å². The summed E-state index contributed by atoms with van der Waals surface area (Å²) >= 11 is 0. The van der Waals surface area contributed by atoms with Gasteiger partial charge in [0, 0.05) is 17.2 Å². The normalized spacial score (nSPS) is 22.2. The molecule has 0 amide bonds. The fourth-order valence-electron chi connectivity index (χ4n) is 1.76. The number of nitrogen functional groups attached to an aromatic ring is 1. The summed E-state index contributed by atoms with van der Waals surface area (Å²) < 4.78 is 30.4. The Labute approximate surface area is 96.2 Å². The Balaban J connectivity index is 2.07. The van der Waals surface area contributed by atoms with E-state index in [2.05, 4.69) is 0 Å². The van der Waals surface area contributed by atoms with Crippen LogP contribution < -0.4 is 5.73 Å². The van der Waals surface area contributed by atoms with Crippen molar-refractivity contribution in [1.29, 1.82) is 0 Å². The molecule has 0 aromatic heterocycles. The van der Waals surface area contributed by atoms with E-state index in [4.69, 9.17) is 10.5 Å². The van der Waals surface area contributed by atoms with Gasteiger partial charge in [0.05, 0.1) is 22.7 Å². The molecular weight excluding hydrogens is 229 g/mol. The summed E-state index contributed by atoms with van der Waals surface area (Å²) in [5.74, 6) is -0.0289. The summed E-state index contributed by atoms with van der Waals surface area (Å²) in [4.78, 5) is 0.438. The molecule has 0 radical (unpaired) electrons. The third-order valence-corrected chi connectivity index (χ3v) is 3.95. The number of anilines is 1. The summed E-state index contributed by atoms with van der Waals surface area (Å²) in [5, 5.41) is 0. The predicted molar refractivity (Wildman–Crippen MR) is 61.1 cm³/mol. The zero-order chi connectivity index (χ0) is 11.5. The average molecular weight is 243 g/mol. The van der Waals surface area contributed by atoms with Crippen LogP contribution in [0.2, 0.25) is 0 Å². The van der Waals surface area contributed by atoms with Gasteiger partial charge in [0.25, 0.3) is 0 Å². The first-order valence-electron chi connectivity index (χ1n) is 5.21. The molecule has 88 valence electrons. The number of rotatable bonds is 3. The molecule has 1 aromatic rings. The zero-order valence-corrected chi connectivity index (χ0v) is 9.63. The van der Waals surface area contributed by atoms with E-state index in [0.29, 0.717) is 16.3 Å². The number of nitrogens with two attached hydrogens (primary N) is 1. The van der Waals surface area contributed by atoms with Crippen molar-refractivity contribution >= 4 is 16.5 Å². The van der Waals surface area contributed by atoms with E-state index >= 15 is 0 Å². The molecule has 0 bridgehead atoms. The van der Waals surface area contributed by atoms with Crippen LogP contribution in [-0.4, -0.2) is 22.7 Å². The Hall–Kier alpha value is -0.940. The average Bonchev–Trinajstić information content (AvgIpc) is 2.68. The van der Waals surface area contributed by atoms with Gasteiger partial charge < -0.3 is 10.5 Å². The summed E-state index contributed by atoms with van der Waals surface area (Å²) in [7, 11) is -1.24. The molecule has 16 heavy (non-hydrogen) atoms. The minimum atomic E-state index is -1.24. The van der Waals surface area contributed by atoms with Crippen LogP contribution in [0.3, 0.4) is 0 Å². The fourth-order valence-corrected chi connectivity index (χ4v) is 3.06. The van der Waals surface area contributed by atoms with Crippen molar-refractivity contribution in [2.75, 3.05) is 18.1 Å². The van der Waals surface area contributed by atoms with Gasteiger partial charge in [-0.05, 0) is 31.0 Å². The van der Waals surface area contributed by atoms with Gasteiger partial charge in [0.15, 0.2) is 0 Å². The Bertz CT molecular complexity index is 385. The van der Waals surface area contributed by atoms with Crippen molar-refractivity contribution in [2.24, 2.45) is 0 Å². The van der Waals surface area contributed by atoms with Gasteiger partial charge in [-0.3, -0.25) is 4.21 Å². The Morgan fingerprint density at radius 3 is 2.94 bits per heavy atom. The van der Waals surface area contributed by atoms with Crippen LogP contribution in [0.5, 0.6) is 0 Å². The molecule has 0 saturated carbocycles. The lowest BCUT2D eigenvalue weighted by Gasteiger charge is -2.09. The van der Waals surface area contributed by atoms with E-state index in [1.54, 1.807) is 6.07 Å². The van der Waals surface area contributed by atoms with Crippen molar-refractivity contribution in [3.05, 3.63) is 24.0 Å². The Morgan fingerprint density at radius 2 is 2.31 bits per heavy atom. The predicted octanol–water partition coefficient (Wildman–Crippen LogP) is 1.69. The summed E-state index contributed by atoms with van der Waals surface area (Å²) in [6.45, 7) is 0.729. The molecule has 1 fully saturated rings. The van der Waals surface area contributed by atoms with E-state index in [1.807, 2.05) is 0 Å². The van der Waals surface area contributed by atoms with E-state index in [1.165, 1.54) is 12.1 Å². The summed E-state index contributed by atoms with van der Waals surface area (Å²) in [6.07, 6.45) is 1.97. The van der Waals surface area contributed by atoms with Gasteiger partial charge in [-0.1, -0.05) is 0 Å². The number of halogens is 1. The van der Waals surface area contributed by atoms with E-state index < -0.39 is 16.6 Å². The maximum Gasteiger partial charge on any atom is 0.126 e. The van der Waals surface area contributed by atoms with Gasteiger partial charge in [0.1, 0.15) is 5.82 Å². The molecule has 1 aliphatic heterocycles. The maximum atomic E-state index is 13.1. The number of benzene rings is 1. The van der Waals surface area contributed by atoms with Crippen LogP contribution in [0.1, 0.15) is 12.8 Å². The molecule has 1 saturated heterocycles. The maximum absolute atomic E-state index is 13.1. The van der Waals surface area contributed by atoms with Crippen LogP contribution in [0.4, 0.5) is 10.1 Å². The van der Waals surface area contributed by atoms with Crippen LogP contribution in [0.25, 0.3) is 0 Å². The molecule has 1 aromatic carbocycles. The molecule has 2 unspecified atom stereocenters. The molecular formula is C11H14FNO2S. The first kappa shape index (κ1) is 11.5. The van der Waals surface area contributed by atoms with E-state index in [-0.39, 0.29) is 6.10 Å². The van der Waals surface area contributed by atoms with Gasteiger partial charge in [0.2, 0.25) is 0 Å². The second-order valence-electron chi connectivity index (χ2n) is 3.87. The third kappa shape index (κ3) is 2.80. The van der Waals surface area contributed by atoms with E-state index in [9.17, 15) is 8.60 Å². The lowest BCUT2D eigenvalue weighted by atomic mass is 10.3. The first-order chi connectivity index (χ1) is 7.65. The Morgan fingerprint density at radius 1 is 1.50 bits per heavy atom. The molecule has 2 N–H and O–H groups in total. The highest BCUT2D eigenvalue weighted by Gasteiger charge is 2.19. The number of hydrogen-bond donors (Lipinski definition) is 1. The minimum Gasteiger partial charge on any atom is -0.399 e. The molecule has 2 atom stereocenters. The second kappa shape index (κ2) is 4.93. The van der Waals surface area contributed by atoms with Crippen molar-refractivity contribution < 1.29 is 13.3 Å². The van der Waals surface area contributed by atoms with E-state index in [0.717, 1.165) is 19.4 Å². The molecule has 2 rings (SSSR count). The van der Waals surface area contributed by atoms with Crippen LogP contribution in [-0.2, 0) is 15.5 Å². The number of ether oxygens (including phenoxy) is 1. The highest BCUT2D eigenvalue weighted by atomic mass is 32.2. The highest BCUT2D eigenvalue weighted by molar-refractivity contribution is 7.85. The lowest BCUT2D eigenvalue weighted by molar-refractivity contribution is 0.128. The number of hydrogen-bond acceptors (Lipinski definition) is 3. The SMILES string of the molecule is Nc1cc(F)cc(S(=O)CC2CCCO2)c1. The second-order valence-corrected chi connectivity index (χ2v) is 5.36. The van der Waals surface area contributed by atoms with Crippen LogP contribution in [0, 0.1) is 5.82 Å².